The fraction of sp³-hybridized carbons (Fsp3) is 0.316. The third-order valence-electron chi connectivity index (χ3n) is 4.43. The topological polar surface area (TPSA) is 55.8 Å². The number of nitrogens with two attached hydrogens (primary N) is 1. The number of aromatic nitrogens is 2. The van der Waals surface area contributed by atoms with Gasteiger partial charge in [-0.15, -0.1) is 0 Å². The van der Waals surface area contributed by atoms with Gasteiger partial charge < -0.3 is 15.4 Å². The second kappa shape index (κ2) is 8.27. The number of anilines is 1. The minimum Gasteiger partial charge on any atom is -0.383 e. The molecule has 2 N–H and O–H groups in total. The van der Waals surface area contributed by atoms with Gasteiger partial charge in [0.25, 0.3) is 0 Å². The third kappa shape index (κ3) is 3.67. The van der Waals surface area contributed by atoms with Crippen molar-refractivity contribution in [1.82, 2.24) is 9.38 Å². The van der Waals surface area contributed by atoms with E-state index in [0.717, 1.165) is 41.2 Å². The van der Waals surface area contributed by atoms with Crippen LogP contribution in [0.4, 0.5) is 5.82 Å². The predicted molar refractivity (Wildman–Crippen MR) is 108 cm³/mol. The Morgan fingerprint density at radius 3 is 2.69 bits per heavy atom. The molecule has 0 unspecified atom stereocenters. The molecule has 0 saturated heterocycles. The molecule has 3 rings (SSSR count). The zero-order valence-corrected chi connectivity index (χ0v) is 16.4. The van der Waals surface area contributed by atoms with Crippen molar-refractivity contribution < 1.29 is 4.74 Å². The number of imidazole rings is 1. The Balaban J connectivity index is 2.15. The molecule has 2 aromatic heterocycles. The van der Waals surface area contributed by atoms with Crippen molar-refractivity contribution in [2.24, 2.45) is 5.73 Å². The molecule has 0 bridgehead atoms. The number of nitrogens with zero attached hydrogens (tertiary/aromatic N) is 3. The van der Waals surface area contributed by atoms with Crippen molar-refractivity contribution in [2.45, 2.75) is 13.5 Å². The van der Waals surface area contributed by atoms with Gasteiger partial charge in [-0.05, 0) is 30.7 Å². The van der Waals surface area contributed by atoms with Crippen LogP contribution in [0, 0.1) is 0 Å². The van der Waals surface area contributed by atoms with Crippen LogP contribution in [-0.4, -0.2) is 36.2 Å². The average Bonchev–Trinajstić information content (AvgIpc) is 3.04. The highest BCUT2D eigenvalue weighted by atomic mass is 35.5. The van der Waals surface area contributed by atoms with Gasteiger partial charge in [0.15, 0.2) is 0 Å². The summed E-state index contributed by atoms with van der Waals surface area (Å²) in [6.07, 6.45) is 3.92. The first-order valence-corrected chi connectivity index (χ1v) is 9.24. The minimum atomic E-state index is 0.397. The maximum atomic E-state index is 6.44. The Bertz CT molecular complexity index is 910. The monoisotopic (exact) mass is 392 g/mol. The van der Waals surface area contributed by atoms with E-state index < -0.39 is 0 Å². The summed E-state index contributed by atoms with van der Waals surface area (Å²) < 4.78 is 7.29. The molecule has 0 spiro atoms. The first-order valence-electron chi connectivity index (χ1n) is 8.48. The van der Waals surface area contributed by atoms with Gasteiger partial charge >= 0.3 is 0 Å². The van der Waals surface area contributed by atoms with Crippen LogP contribution < -0.4 is 10.6 Å². The van der Waals surface area contributed by atoms with Crippen molar-refractivity contribution >= 4 is 34.7 Å². The van der Waals surface area contributed by atoms with E-state index in [-0.39, 0.29) is 0 Å². The number of benzene rings is 1. The van der Waals surface area contributed by atoms with Crippen LogP contribution in [0.25, 0.3) is 16.8 Å². The van der Waals surface area contributed by atoms with Gasteiger partial charge in [-0.2, -0.15) is 0 Å². The molecule has 1 aromatic carbocycles. The molecule has 0 atom stereocenters. The molecule has 0 aliphatic rings. The number of hydrogen-bond donors (Lipinski definition) is 1. The van der Waals surface area contributed by atoms with Crippen LogP contribution in [0.1, 0.15) is 12.5 Å². The van der Waals surface area contributed by atoms with Crippen LogP contribution in [0.5, 0.6) is 0 Å². The molecule has 2 heterocycles. The fourth-order valence-electron chi connectivity index (χ4n) is 3.04. The summed E-state index contributed by atoms with van der Waals surface area (Å²) in [7, 11) is 1.70. The lowest BCUT2D eigenvalue weighted by Crippen LogP contribution is -2.27. The minimum absolute atomic E-state index is 0.397. The Hall–Kier alpha value is -1.79. The van der Waals surface area contributed by atoms with Gasteiger partial charge in [-0.25, -0.2) is 4.98 Å². The van der Waals surface area contributed by atoms with E-state index in [1.54, 1.807) is 13.2 Å². The number of rotatable bonds is 7. The van der Waals surface area contributed by atoms with Crippen molar-refractivity contribution in [1.29, 1.82) is 0 Å². The molecule has 0 saturated carbocycles. The molecule has 0 fully saturated rings. The van der Waals surface area contributed by atoms with Gasteiger partial charge in [0.2, 0.25) is 0 Å². The molecule has 7 heteroatoms. The molecule has 3 aromatic rings. The first-order chi connectivity index (χ1) is 12.6. The summed E-state index contributed by atoms with van der Waals surface area (Å²) in [4.78, 5) is 6.77. The lowest BCUT2D eigenvalue weighted by Gasteiger charge is -2.22. The van der Waals surface area contributed by atoms with Crippen LogP contribution in [0.3, 0.4) is 0 Å². The number of pyridine rings is 1. The lowest BCUT2D eigenvalue weighted by atomic mass is 10.0. The van der Waals surface area contributed by atoms with Gasteiger partial charge in [0.1, 0.15) is 11.5 Å². The van der Waals surface area contributed by atoms with Gasteiger partial charge in [-0.3, -0.25) is 4.40 Å². The quantitative estimate of drug-likeness (QED) is 0.653. The molecule has 138 valence electrons. The predicted octanol–water partition coefficient (Wildman–Crippen LogP) is 4.24. The highest BCUT2D eigenvalue weighted by Crippen LogP contribution is 2.34. The van der Waals surface area contributed by atoms with E-state index in [2.05, 4.69) is 21.2 Å². The zero-order chi connectivity index (χ0) is 18.7. The number of halogens is 2. The molecular weight excluding hydrogens is 371 g/mol. The first kappa shape index (κ1) is 19.0. The molecule has 0 amide bonds. The lowest BCUT2D eigenvalue weighted by molar-refractivity contribution is 0.205. The normalized spacial score (nSPS) is 11.3. The fourth-order valence-corrected chi connectivity index (χ4v) is 3.55. The Labute approximate surface area is 163 Å². The molecule has 5 nitrogen and oxygen atoms in total. The second-order valence-corrected chi connectivity index (χ2v) is 6.80. The number of likely N-dealkylation sites (N-methyl/N-ethyl adjacent to an activating group) is 1. The molecule has 0 aliphatic heterocycles. The number of hydrogen-bond acceptors (Lipinski definition) is 4. The zero-order valence-electron chi connectivity index (χ0n) is 14.9. The Morgan fingerprint density at radius 1 is 1.23 bits per heavy atom. The van der Waals surface area contributed by atoms with Crippen LogP contribution in [0.15, 0.2) is 36.7 Å². The summed E-state index contributed by atoms with van der Waals surface area (Å²) in [5.74, 6) is 1.01. The van der Waals surface area contributed by atoms with Crippen molar-refractivity contribution in [2.75, 3.05) is 31.7 Å². The van der Waals surface area contributed by atoms with E-state index in [1.807, 2.05) is 30.6 Å². The van der Waals surface area contributed by atoms with Gasteiger partial charge in [0, 0.05) is 54.1 Å². The Kier molecular flexibility index (Phi) is 6.04. The molecular formula is C19H22Cl2N4O. The van der Waals surface area contributed by atoms with E-state index >= 15 is 0 Å². The summed E-state index contributed by atoms with van der Waals surface area (Å²) in [6, 6.07) is 7.51. The second-order valence-electron chi connectivity index (χ2n) is 5.96. The van der Waals surface area contributed by atoms with E-state index in [9.17, 15) is 0 Å². The number of methoxy groups -OCH3 is 1. The molecule has 26 heavy (non-hydrogen) atoms. The smallest absolute Gasteiger partial charge is 0.138 e. The Morgan fingerprint density at radius 2 is 2.04 bits per heavy atom. The van der Waals surface area contributed by atoms with Crippen molar-refractivity contribution in [3.63, 3.8) is 0 Å². The summed E-state index contributed by atoms with van der Waals surface area (Å²) >= 11 is 12.5. The number of ether oxygens (including phenoxy) is 1. The summed E-state index contributed by atoms with van der Waals surface area (Å²) in [5, 5.41) is 1.20. The summed E-state index contributed by atoms with van der Waals surface area (Å²) in [6.45, 7) is 4.80. The summed E-state index contributed by atoms with van der Waals surface area (Å²) in [5.41, 5.74) is 9.70. The molecule has 0 aliphatic carbocycles. The molecule has 0 radical (unpaired) electrons. The highest BCUT2D eigenvalue weighted by Gasteiger charge is 2.15. The van der Waals surface area contributed by atoms with Crippen LogP contribution in [0.2, 0.25) is 10.0 Å². The van der Waals surface area contributed by atoms with Gasteiger partial charge in [-0.1, -0.05) is 29.3 Å². The maximum absolute atomic E-state index is 6.44. The highest BCUT2D eigenvalue weighted by molar-refractivity contribution is 6.36. The maximum Gasteiger partial charge on any atom is 0.138 e. The van der Waals surface area contributed by atoms with E-state index in [1.165, 1.54) is 0 Å². The van der Waals surface area contributed by atoms with Crippen LogP contribution in [-0.2, 0) is 11.3 Å². The standard InChI is InChI=1S/C19H22Cl2N4O/c1-3-24(6-7-26-2)19-11-23-18-8-13(10-22)16(12-25(18)19)15-5-4-14(20)9-17(15)21/h4-5,8-9,11-12H,3,6-7,10,22H2,1-2H3. The number of fused-ring (bicyclic) bond motifs is 1. The van der Waals surface area contributed by atoms with E-state index in [4.69, 9.17) is 33.7 Å². The van der Waals surface area contributed by atoms with Crippen molar-refractivity contribution in [3.8, 4) is 11.1 Å². The van der Waals surface area contributed by atoms with Crippen molar-refractivity contribution in [3.05, 3.63) is 52.3 Å². The van der Waals surface area contributed by atoms with E-state index in [0.29, 0.717) is 23.2 Å². The van der Waals surface area contributed by atoms with Crippen LogP contribution >= 0.6 is 23.2 Å². The average molecular weight is 393 g/mol. The SMILES string of the molecule is CCN(CCOC)c1cnc2cc(CN)c(-c3ccc(Cl)cc3Cl)cn12. The van der Waals surface area contributed by atoms with Gasteiger partial charge in [0.05, 0.1) is 12.8 Å². The largest absolute Gasteiger partial charge is 0.383 e. The third-order valence-corrected chi connectivity index (χ3v) is 4.97.